The van der Waals surface area contributed by atoms with Crippen LogP contribution in [-0.2, 0) is 21.5 Å². The third kappa shape index (κ3) is 4.39. The molecule has 1 N–H and O–H groups in total. The highest BCUT2D eigenvalue weighted by atomic mass is 16.5. The van der Waals surface area contributed by atoms with E-state index < -0.39 is 11.6 Å². The zero-order valence-electron chi connectivity index (χ0n) is 19.9. The Morgan fingerprint density at radius 3 is 1.77 bits per heavy atom. The first-order valence-corrected chi connectivity index (χ1v) is 12.2. The number of hydrogen-bond donors (Lipinski definition) is 1. The third-order valence-corrected chi connectivity index (χ3v) is 6.71. The monoisotopic (exact) mass is 462 g/mol. The molecule has 4 aromatic carbocycles. The number of amides is 1. The van der Waals surface area contributed by atoms with Crippen molar-refractivity contribution < 1.29 is 9.53 Å². The second-order valence-corrected chi connectivity index (χ2v) is 8.77. The van der Waals surface area contributed by atoms with Crippen LogP contribution in [0.2, 0.25) is 0 Å². The van der Waals surface area contributed by atoms with Crippen LogP contribution in [0.25, 0.3) is 0 Å². The van der Waals surface area contributed by atoms with Gasteiger partial charge in [0.1, 0.15) is 6.73 Å². The van der Waals surface area contributed by atoms with Gasteiger partial charge in [-0.1, -0.05) is 109 Å². The SMILES string of the molecule is CCOCN1C(=O)[C@@H](NC(c2ccccc2)(c2ccccc2)c2ccccc2)Cc2ccccc21. The summed E-state index contributed by atoms with van der Waals surface area (Å²) < 4.78 is 5.71. The number of ether oxygens (including phenoxy) is 1. The lowest BCUT2D eigenvalue weighted by Gasteiger charge is -2.43. The number of hydrogen-bond acceptors (Lipinski definition) is 3. The summed E-state index contributed by atoms with van der Waals surface area (Å²) in [6.45, 7) is 2.73. The van der Waals surface area contributed by atoms with Gasteiger partial charge in [0.2, 0.25) is 5.91 Å². The first kappa shape index (κ1) is 23.0. The van der Waals surface area contributed by atoms with Gasteiger partial charge in [-0.15, -0.1) is 0 Å². The summed E-state index contributed by atoms with van der Waals surface area (Å²) in [6, 6.07) is 38.8. The van der Waals surface area contributed by atoms with Crippen molar-refractivity contribution in [2.45, 2.75) is 24.9 Å². The number of carbonyl (C=O) groups excluding carboxylic acids is 1. The smallest absolute Gasteiger partial charge is 0.246 e. The number of anilines is 1. The average molecular weight is 463 g/mol. The maximum absolute atomic E-state index is 13.9. The number of para-hydroxylation sites is 1. The van der Waals surface area contributed by atoms with Crippen molar-refractivity contribution in [1.82, 2.24) is 5.32 Å². The second kappa shape index (κ2) is 10.3. The molecule has 0 fully saturated rings. The van der Waals surface area contributed by atoms with Gasteiger partial charge < -0.3 is 4.74 Å². The molecule has 0 aromatic heterocycles. The van der Waals surface area contributed by atoms with Crippen molar-refractivity contribution in [2.75, 3.05) is 18.2 Å². The number of nitrogens with one attached hydrogen (secondary N) is 1. The number of benzene rings is 4. The zero-order chi connectivity index (χ0) is 24.1. The molecule has 4 heteroatoms. The van der Waals surface area contributed by atoms with Crippen LogP contribution < -0.4 is 10.2 Å². The predicted octanol–water partition coefficient (Wildman–Crippen LogP) is 5.52. The van der Waals surface area contributed by atoms with Gasteiger partial charge in [0.05, 0.1) is 11.6 Å². The Morgan fingerprint density at radius 2 is 1.26 bits per heavy atom. The van der Waals surface area contributed by atoms with Crippen LogP contribution in [0.5, 0.6) is 0 Å². The van der Waals surface area contributed by atoms with E-state index in [0.717, 1.165) is 27.9 Å². The molecule has 0 radical (unpaired) electrons. The number of fused-ring (bicyclic) bond motifs is 1. The Kier molecular flexibility index (Phi) is 6.75. The number of nitrogens with zero attached hydrogens (tertiary/aromatic N) is 1. The maximum atomic E-state index is 13.9. The molecule has 0 spiro atoms. The lowest BCUT2D eigenvalue weighted by atomic mass is 9.76. The molecular formula is C31H30N2O2. The molecule has 0 saturated heterocycles. The molecular weight excluding hydrogens is 432 g/mol. The fourth-order valence-electron chi connectivity index (χ4n) is 5.07. The highest BCUT2D eigenvalue weighted by Gasteiger charge is 2.42. The lowest BCUT2D eigenvalue weighted by Crippen LogP contribution is -2.58. The Bertz CT molecular complexity index is 1160. The highest BCUT2D eigenvalue weighted by Crippen LogP contribution is 2.39. The van der Waals surface area contributed by atoms with Gasteiger partial charge in [-0.2, -0.15) is 0 Å². The molecule has 1 atom stereocenters. The third-order valence-electron chi connectivity index (χ3n) is 6.71. The van der Waals surface area contributed by atoms with E-state index in [9.17, 15) is 4.79 Å². The Hall–Kier alpha value is -3.73. The molecule has 0 aliphatic carbocycles. The normalized spacial score (nSPS) is 15.6. The highest BCUT2D eigenvalue weighted by molar-refractivity contribution is 6.00. The molecule has 0 unspecified atom stereocenters. The summed E-state index contributed by atoms with van der Waals surface area (Å²) >= 11 is 0. The second-order valence-electron chi connectivity index (χ2n) is 8.77. The van der Waals surface area contributed by atoms with E-state index in [1.807, 2.05) is 43.3 Å². The van der Waals surface area contributed by atoms with Gasteiger partial charge >= 0.3 is 0 Å². The van der Waals surface area contributed by atoms with Crippen molar-refractivity contribution in [3.8, 4) is 0 Å². The van der Waals surface area contributed by atoms with Crippen molar-refractivity contribution in [3.05, 3.63) is 138 Å². The summed E-state index contributed by atoms with van der Waals surface area (Å²) in [5.74, 6) is 0.0179. The standard InChI is InChI=1S/C31H30N2O2/c1-2-35-23-33-29-21-13-12-14-24(29)22-28(30(33)34)32-31(25-15-6-3-7-16-25,26-17-8-4-9-18-26)27-19-10-5-11-20-27/h3-21,28,32H,2,22-23H2,1H3/t28-/m0/s1. The van der Waals surface area contributed by atoms with Gasteiger partial charge in [0, 0.05) is 12.3 Å². The van der Waals surface area contributed by atoms with E-state index in [4.69, 9.17) is 4.74 Å². The molecule has 1 aliphatic heterocycles. The van der Waals surface area contributed by atoms with Crippen LogP contribution >= 0.6 is 0 Å². The van der Waals surface area contributed by atoms with E-state index >= 15 is 0 Å². The van der Waals surface area contributed by atoms with Crippen LogP contribution in [0, 0.1) is 0 Å². The van der Waals surface area contributed by atoms with Gasteiger partial charge in [-0.3, -0.25) is 15.0 Å². The van der Waals surface area contributed by atoms with Gasteiger partial charge in [-0.05, 0) is 41.7 Å². The van der Waals surface area contributed by atoms with E-state index in [1.54, 1.807) is 4.90 Å². The van der Waals surface area contributed by atoms with Crippen molar-refractivity contribution in [2.24, 2.45) is 0 Å². The van der Waals surface area contributed by atoms with Gasteiger partial charge in [0.25, 0.3) is 0 Å². The summed E-state index contributed by atoms with van der Waals surface area (Å²) in [4.78, 5) is 15.7. The average Bonchev–Trinajstić information content (AvgIpc) is 2.93. The Balaban J connectivity index is 1.66. The van der Waals surface area contributed by atoms with Crippen LogP contribution in [0.15, 0.2) is 115 Å². The van der Waals surface area contributed by atoms with E-state index in [2.05, 4.69) is 84.2 Å². The largest absolute Gasteiger partial charge is 0.361 e. The minimum atomic E-state index is -0.715. The van der Waals surface area contributed by atoms with E-state index in [-0.39, 0.29) is 12.6 Å². The molecule has 1 amide bonds. The van der Waals surface area contributed by atoms with Gasteiger partial charge in [0.15, 0.2) is 0 Å². The Labute approximate surface area is 207 Å². The fraction of sp³-hybridized carbons (Fsp3) is 0.194. The quantitative estimate of drug-likeness (QED) is 0.351. The van der Waals surface area contributed by atoms with E-state index in [1.165, 1.54) is 0 Å². The zero-order valence-corrected chi connectivity index (χ0v) is 19.9. The van der Waals surface area contributed by atoms with Crippen molar-refractivity contribution >= 4 is 11.6 Å². The molecule has 5 rings (SSSR count). The molecule has 35 heavy (non-hydrogen) atoms. The van der Waals surface area contributed by atoms with Crippen LogP contribution in [0.3, 0.4) is 0 Å². The summed E-state index contributed by atoms with van der Waals surface area (Å²) in [5.41, 5.74) is 4.59. The number of carbonyl (C=O) groups is 1. The molecule has 0 bridgehead atoms. The molecule has 4 aromatic rings. The number of rotatable bonds is 8. The molecule has 176 valence electrons. The summed E-state index contributed by atoms with van der Waals surface area (Å²) in [6.07, 6.45) is 0.603. The topological polar surface area (TPSA) is 41.6 Å². The van der Waals surface area contributed by atoms with Crippen LogP contribution in [-0.4, -0.2) is 25.3 Å². The van der Waals surface area contributed by atoms with Crippen molar-refractivity contribution in [1.29, 1.82) is 0 Å². The minimum Gasteiger partial charge on any atom is -0.361 e. The first-order chi connectivity index (χ1) is 17.2. The predicted molar refractivity (Wildman–Crippen MR) is 140 cm³/mol. The molecule has 1 heterocycles. The van der Waals surface area contributed by atoms with Gasteiger partial charge in [-0.25, -0.2) is 0 Å². The lowest BCUT2D eigenvalue weighted by molar-refractivity contribution is -0.122. The fourth-order valence-corrected chi connectivity index (χ4v) is 5.07. The summed E-state index contributed by atoms with van der Waals surface area (Å²) in [7, 11) is 0. The minimum absolute atomic E-state index is 0.0179. The van der Waals surface area contributed by atoms with Crippen LogP contribution in [0.4, 0.5) is 5.69 Å². The summed E-state index contributed by atoms with van der Waals surface area (Å²) in [5, 5.41) is 3.87. The molecule has 0 saturated carbocycles. The Morgan fingerprint density at radius 1 is 0.771 bits per heavy atom. The maximum Gasteiger partial charge on any atom is 0.246 e. The van der Waals surface area contributed by atoms with Crippen LogP contribution in [0.1, 0.15) is 29.2 Å². The van der Waals surface area contributed by atoms with Crippen molar-refractivity contribution in [3.63, 3.8) is 0 Å². The first-order valence-electron chi connectivity index (χ1n) is 12.2. The molecule has 1 aliphatic rings. The molecule has 4 nitrogen and oxygen atoms in total. The van der Waals surface area contributed by atoms with E-state index in [0.29, 0.717) is 13.0 Å².